The summed E-state index contributed by atoms with van der Waals surface area (Å²) < 4.78 is 4.05. The first-order valence-electron chi connectivity index (χ1n) is 6.89. The van der Waals surface area contributed by atoms with Crippen molar-refractivity contribution >= 4 is 0 Å². The molecule has 2 rings (SSSR count). The molecule has 19 heavy (non-hydrogen) atoms. The van der Waals surface area contributed by atoms with E-state index in [9.17, 15) is 0 Å². The Bertz CT molecular complexity index is 552. The Balaban J connectivity index is 2.50. The third kappa shape index (κ3) is 2.56. The smallest absolute Gasteiger partial charge is 0.139 e. The number of nitrogens with two attached hydrogens (primary N) is 1. The summed E-state index contributed by atoms with van der Waals surface area (Å²) in [6.45, 7) is 6.27. The zero-order valence-electron chi connectivity index (χ0n) is 12.2. The van der Waals surface area contributed by atoms with Crippen molar-refractivity contribution in [2.75, 3.05) is 0 Å². The van der Waals surface area contributed by atoms with Crippen LogP contribution in [0, 0.1) is 6.92 Å². The molecule has 0 aliphatic carbocycles. The summed E-state index contributed by atoms with van der Waals surface area (Å²) in [5.74, 6) is 2.14. The molecule has 104 valence electrons. The Labute approximate surface area is 114 Å². The first-order chi connectivity index (χ1) is 9.08. The van der Waals surface area contributed by atoms with Gasteiger partial charge in [0.2, 0.25) is 0 Å². The summed E-state index contributed by atoms with van der Waals surface area (Å²) in [4.78, 5) is 4.39. The molecule has 0 aliphatic rings. The van der Waals surface area contributed by atoms with Crippen LogP contribution in [0.1, 0.15) is 37.4 Å². The van der Waals surface area contributed by atoms with Gasteiger partial charge in [0.15, 0.2) is 0 Å². The summed E-state index contributed by atoms with van der Waals surface area (Å²) in [5.41, 5.74) is 8.39. The van der Waals surface area contributed by atoms with E-state index >= 15 is 0 Å². The number of rotatable bonds is 5. The standard InChI is InChI=1S/C14H23N5/c1-5-11(15)9-12-10(3)17-18(4)14(12)19-8-7-16-13(19)6-2/h7-8,11H,5-6,9,15H2,1-4H3. The van der Waals surface area contributed by atoms with E-state index in [1.807, 2.05) is 31.0 Å². The Kier molecular flexibility index (Phi) is 4.04. The van der Waals surface area contributed by atoms with Crippen molar-refractivity contribution in [2.45, 2.75) is 46.1 Å². The van der Waals surface area contributed by atoms with E-state index in [1.54, 1.807) is 0 Å². The highest BCUT2D eigenvalue weighted by Crippen LogP contribution is 2.21. The minimum Gasteiger partial charge on any atom is -0.327 e. The highest BCUT2D eigenvalue weighted by molar-refractivity contribution is 5.39. The highest BCUT2D eigenvalue weighted by Gasteiger charge is 2.18. The molecule has 1 atom stereocenters. The third-order valence-electron chi connectivity index (χ3n) is 3.57. The van der Waals surface area contributed by atoms with Gasteiger partial charge in [-0.05, 0) is 19.8 Å². The second-order valence-electron chi connectivity index (χ2n) is 4.95. The molecule has 5 nitrogen and oxygen atoms in total. The lowest BCUT2D eigenvalue weighted by molar-refractivity contribution is 0.639. The average molecular weight is 261 g/mol. The molecule has 2 aromatic rings. The van der Waals surface area contributed by atoms with Crippen molar-refractivity contribution in [1.82, 2.24) is 19.3 Å². The molecule has 5 heteroatoms. The Morgan fingerprint density at radius 3 is 2.74 bits per heavy atom. The molecule has 0 fully saturated rings. The van der Waals surface area contributed by atoms with Crippen molar-refractivity contribution in [1.29, 1.82) is 0 Å². The molecule has 0 aliphatic heterocycles. The van der Waals surface area contributed by atoms with Gasteiger partial charge in [0.1, 0.15) is 11.6 Å². The van der Waals surface area contributed by atoms with Gasteiger partial charge >= 0.3 is 0 Å². The lowest BCUT2D eigenvalue weighted by atomic mass is 10.0. The van der Waals surface area contributed by atoms with Crippen LogP contribution in [-0.4, -0.2) is 25.4 Å². The van der Waals surface area contributed by atoms with Crippen molar-refractivity contribution in [3.63, 3.8) is 0 Å². The zero-order valence-corrected chi connectivity index (χ0v) is 12.2. The number of hydrogen-bond donors (Lipinski definition) is 1. The summed E-state index contributed by atoms with van der Waals surface area (Å²) >= 11 is 0. The first kappa shape index (κ1) is 13.8. The van der Waals surface area contributed by atoms with Crippen LogP contribution in [0.3, 0.4) is 0 Å². The van der Waals surface area contributed by atoms with Gasteiger partial charge in [0.25, 0.3) is 0 Å². The summed E-state index contributed by atoms with van der Waals surface area (Å²) in [6, 6.07) is 0.176. The van der Waals surface area contributed by atoms with Gasteiger partial charge in [0.05, 0.1) is 5.69 Å². The van der Waals surface area contributed by atoms with E-state index in [-0.39, 0.29) is 6.04 Å². The molecule has 0 saturated heterocycles. The fourth-order valence-electron chi connectivity index (χ4n) is 2.43. The molecule has 0 aromatic carbocycles. The Morgan fingerprint density at radius 1 is 1.37 bits per heavy atom. The van der Waals surface area contributed by atoms with E-state index in [0.29, 0.717) is 0 Å². The number of imidazole rings is 1. The largest absolute Gasteiger partial charge is 0.327 e. The van der Waals surface area contributed by atoms with Gasteiger partial charge in [-0.25, -0.2) is 4.98 Å². The van der Waals surface area contributed by atoms with Crippen LogP contribution in [-0.2, 0) is 19.9 Å². The molecule has 2 aromatic heterocycles. The third-order valence-corrected chi connectivity index (χ3v) is 3.57. The lowest BCUT2D eigenvalue weighted by Crippen LogP contribution is -2.22. The van der Waals surface area contributed by atoms with Gasteiger partial charge in [-0.2, -0.15) is 5.10 Å². The molecule has 0 saturated carbocycles. The molecular weight excluding hydrogens is 238 g/mol. The van der Waals surface area contributed by atoms with Crippen molar-refractivity contribution < 1.29 is 0 Å². The number of aryl methyl sites for hydroxylation is 3. The minimum absolute atomic E-state index is 0.176. The molecule has 0 spiro atoms. The molecule has 2 N–H and O–H groups in total. The predicted molar refractivity (Wildman–Crippen MR) is 76.4 cm³/mol. The highest BCUT2D eigenvalue weighted by atomic mass is 15.3. The predicted octanol–water partition coefficient (Wildman–Crippen LogP) is 1.76. The maximum absolute atomic E-state index is 6.11. The van der Waals surface area contributed by atoms with Gasteiger partial charge in [-0.1, -0.05) is 13.8 Å². The van der Waals surface area contributed by atoms with E-state index < -0.39 is 0 Å². The van der Waals surface area contributed by atoms with Crippen molar-refractivity contribution in [2.24, 2.45) is 12.8 Å². The normalized spacial score (nSPS) is 12.9. The van der Waals surface area contributed by atoms with Crippen LogP contribution in [0.5, 0.6) is 0 Å². The van der Waals surface area contributed by atoms with Crippen molar-refractivity contribution in [3.05, 3.63) is 29.5 Å². The summed E-state index contributed by atoms with van der Waals surface area (Å²) in [6.07, 6.45) is 6.56. The van der Waals surface area contributed by atoms with Gasteiger partial charge in [-0.3, -0.25) is 9.25 Å². The number of nitrogens with zero attached hydrogens (tertiary/aromatic N) is 4. The fourth-order valence-corrected chi connectivity index (χ4v) is 2.43. The van der Waals surface area contributed by atoms with E-state index in [2.05, 4.69) is 28.5 Å². The van der Waals surface area contributed by atoms with Crippen molar-refractivity contribution in [3.8, 4) is 5.82 Å². The number of aromatic nitrogens is 4. The second kappa shape index (κ2) is 5.57. The first-order valence-corrected chi connectivity index (χ1v) is 6.89. The molecule has 0 radical (unpaired) electrons. The maximum atomic E-state index is 6.11. The summed E-state index contributed by atoms with van der Waals surface area (Å²) in [5, 5.41) is 4.54. The molecule has 0 bridgehead atoms. The average Bonchev–Trinajstić information content (AvgIpc) is 2.94. The molecule has 2 heterocycles. The van der Waals surface area contributed by atoms with Crippen LogP contribution in [0.15, 0.2) is 12.4 Å². The summed E-state index contributed by atoms with van der Waals surface area (Å²) in [7, 11) is 1.97. The molecule has 1 unspecified atom stereocenters. The Hall–Kier alpha value is -1.62. The SMILES string of the molecule is CCc1nccn1-c1c(CC(N)CC)c(C)nn1C. The lowest BCUT2D eigenvalue weighted by Gasteiger charge is -2.13. The zero-order chi connectivity index (χ0) is 14.0. The minimum atomic E-state index is 0.176. The quantitative estimate of drug-likeness (QED) is 0.892. The van der Waals surface area contributed by atoms with Crippen LogP contribution in [0.4, 0.5) is 0 Å². The van der Waals surface area contributed by atoms with E-state index in [1.165, 1.54) is 5.56 Å². The fraction of sp³-hybridized carbons (Fsp3) is 0.571. The van der Waals surface area contributed by atoms with Gasteiger partial charge < -0.3 is 5.73 Å². The van der Waals surface area contributed by atoms with E-state index in [4.69, 9.17) is 5.73 Å². The topological polar surface area (TPSA) is 61.7 Å². The number of hydrogen-bond acceptors (Lipinski definition) is 3. The van der Waals surface area contributed by atoms with Crippen LogP contribution < -0.4 is 5.73 Å². The van der Waals surface area contributed by atoms with Gasteiger partial charge in [0, 0.05) is 37.5 Å². The molecular formula is C14H23N5. The van der Waals surface area contributed by atoms with Crippen LogP contribution in [0.2, 0.25) is 0 Å². The van der Waals surface area contributed by atoms with Crippen LogP contribution >= 0.6 is 0 Å². The second-order valence-corrected chi connectivity index (χ2v) is 4.95. The van der Waals surface area contributed by atoms with E-state index in [0.717, 1.165) is 36.6 Å². The van der Waals surface area contributed by atoms with Gasteiger partial charge in [-0.15, -0.1) is 0 Å². The monoisotopic (exact) mass is 261 g/mol. The maximum Gasteiger partial charge on any atom is 0.139 e. The Morgan fingerprint density at radius 2 is 2.11 bits per heavy atom. The van der Waals surface area contributed by atoms with Crippen LogP contribution in [0.25, 0.3) is 5.82 Å². The molecule has 0 amide bonds.